The van der Waals surface area contributed by atoms with Gasteiger partial charge in [-0.15, -0.1) is 0 Å². The van der Waals surface area contributed by atoms with Crippen molar-refractivity contribution in [3.8, 4) is 0 Å². The van der Waals surface area contributed by atoms with Crippen molar-refractivity contribution >= 4 is 0 Å². The average Bonchev–Trinajstić information content (AvgIpc) is 2.78. The maximum Gasteiger partial charge on any atom is 0.0662 e. The predicted octanol–water partition coefficient (Wildman–Crippen LogP) is 1.43. The van der Waals surface area contributed by atoms with Crippen LogP contribution in [0.1, 0.15) is 26.0 Å². The van der Waals surface area contributed by atoms with Gasteiger partial charge in [-0.2, -0.15) is 5.10 Å². The molecular formula is C13H25N3O2. The zero-order chi connectivity index (χ0) is 13.2. The molecule has 1 rings (SSSR count). The van der Waals surface area contributed by atoms with Gasteiger partial charge in [0.2, 0.25) is 0 Å². The third kappa shape index (κ3) is 6.14. The topological polar surface area (TPSA) is 48.3 Å². The van der Waals surface area contributed by atoms with Crippen LogP contribution in [0.5, 0.6) is 0 Å². The maximum absolute atomic E-state index is 5.53. The minimum absolute atomic E-state index is 0.485. The number of nitrogens with zero attached hydrogens (tertiary/aromatic N) is 2. The molecule has 0 bridgehead atoms. The Morgan fingerprint density at radius 1 is 1.33 bits per heavy atom. The lowest BCUT2D eigenvalue weighted by atomic mass is 10.3. The molecule has 0 aliphatic heterocycles. The zero-order valence-corrected chi connectivity index (χ0v) is 11.7. The summed E-state index contributed by atoms with van der Waals surface area (Å²) >= 11 is 0. The third-order valence-electron chi connectivity index (χ3n) is 2.58. The van der Waals surface area contributed by atoms with E-state index < -0.39 is 0 Å². The standard InChI is InChI=1S/C13H25N3O2/c1-12(2)14-11-13-5-6-15-16(13)7-10-18-9-4-8-17-3/h5-6,12,14H,4,7-11H2,1-3H3. The lowest BCUT2D eigenvalue weighted by molar-refractivity contribution is 0.0956. The first-order chi connectivity index (χ1) is 8.74. The van der Waals surface area contributed by atoms with E-state index in [1.54, 1.807) is 7.11 Å². The van der Waals surface area contributed by atoms with E-state index in [1.165, 1.54) is 5.69 Å². The second-order valence-corrected chi connectivity index (χ2v) is 4.54. The van der Waals surface area contributed by atoms with Crippen LogP contribution in [0.15, 0.2) is 12.3 Å². The monoisotopic (exact) mass is 255 g/mol. The van der Waals surface area contributed by atoms with E-state index in [-0.39, 0.29) is 0 Å². The normalized spacial score (nSPS) is 11.3. The molecule has 1 N–H and O–H groups in total. The number of nitrogens with one attached hydrogen (secondary N) is 1. The minimum Gasteiger partial charge on any atom is -0.385 e. The molecule has 0 saturated carbocycles. The van der Waals surface area contributed by atoms with Gasteiger partial charge in [-0.3, -0.25) is 4.68 Å². The van der Waals surface area contributed by atoms with E-state index in [0.717, 1.165) is 32.7 Å². The molecule has 0 atom stereocenters. The van der Waals surface area contributed by atoms with Gasteiger partial charge in [0.25, 0.3) is 0 Å². The Labute approximate surface area is 109 Å². The van der Waals surface area contributed by atoms with Crippen molar-refractivity contribution in [2.45, 2.75) is 39.4 Å². The molecule has 5 nitrogen and oxygen atoms in total. The number of hydrogen-bond donors (Lipinski definition) is 1. The zero-order valence-electron chi connectivity index (χ0n) is 11.7. The maximum atomic E-state index is 5.53. The molecule has 0 aliphatic rings. The van der Waals surface area contributed by atoms with Crippen molar-refractivity contribution < 1.29 is 9.47 Å². The van der Waals surface area contributed by atoms with Crippen LogP contribution in [0.4, 0.5) is 0 Å². The number of methoxy groups -OCH3 is 1. The fraction of sp³-hybridized carbons (Fsp3) is 0.769. The molecule has 104 valence electrons. The molecule has 0 amide bonds. The lowest BCUT2D eigenvalue weighted by Gasteiger charge is -2.11. The summed E-state index contributed by atoms with van der Waals surface area (Å²) in [6, 6.07) is 2.53. The van der Waals surface area contributed by atoms with E-state index in [0.29, 0.717) is 12.6 Å². The van der Waals surface area contributed by atoms with Crippen molar-refractivity contribution in [1.29, 1.82) is 0 Å². The Bertz CT molecular complexity index is 313. The highest BCUT2D eigenvalue weighted by Crippen LogP contribution is 1.99. The Morgan fingerprint density at radius 3 is 2.89 bits per heavy atom. The first-order valence-corrected chi connectivity index (χ1v) is 6.54. The first-order valence-electron chi connectivity index (χ1n) is 6.54. The molecule has 0 spiro atoms. The Balaban J connectivity index is 2.19. The van der Waals surface area contributed by atoms with Gasteiger partial charge in [0, 0.05) is 39.1 Å². The molecule has 0 radical (unpaired) electrons. The van der Waals surface area contributed by atoms with Crippen LogP contribution in [-0.4, -0.2) is 42.8 Å². The van der Waals surface area contributed by atoms with Gasteiger partial charge in [0.1, 0.15) is 0 Å². The van der Waals surface area contributed by atoms with Crippen LogP contribution in [0.3, 0.4) is 0 Å². The molecule has 1 heterocycles. The third-order valence-corrected chi connectivity index (χ3v) is 2.58. The number of aromatic nitrogens is 2. The predicted molar refractivity (Wildman–Crippen MR) is 71.5 cm³/mol. The van der Waals surface area contributed by atoms with Gasteiger partial charge < -0.3 is 14.8 Å². The summed E-state index contributed by atoms with van der Waals surface area (Å²) in [5.74, 6) is 0. The van der Waals surface area contributed by atoms with Crippen molar-refractivity contribution in [3.63, 3.8) is 0 Å². The fourth-order valence-corrected chi connectivity index (χ4v) is 1.58. The van der Waals surface area contributed by atoms with E-state index in [9.17, 15) is 0 Å². The Kier molecular flexibility index (Phi) is 7.64. The molecule has 18 heavy (non-hydrogen) atoms. The molecule has 0 aromatic carbocycles. The SMILES string of the molecule is COCCCOCCn1nccc1CNC(C)C. The van der Waals surface area contributed by atoms with Crippen LogP contribution in [-0.2, 0) is 22.6 Å². The van der Waals surface area contributed by atoms with Gasteiger partial charge in [-0.05, 0) is 12.5 Å². The van der Waals surface area contributed by atoms with Crippen molar-refractivity contribution in [1.82, 2.24) is 15.1 Å². The largest absolute Gasteiger partial charge is 0.385 e. The van der Waals surface area contributed by atoms with Gasteiger partial charge in [0.15, 0.2) is 0 Å². The molecule has 0 saturated heterocycles. The van der Waals surface area contributed by atoms with E-state index in [2.05, 4.69) is 24.3 Å². The van der Waals surface area contributed by atoms with Crippen molar-refractivity contribution in [2.75, 3.05) is 26.9 Å². The fourth-order valence-electron chi connectivity index (χ4n) is 1.58. The molecule has 0 aliphatic carbocycles. The van der Waals surface area contributed by atoms with Crippen molar-refractivity contribution in [2.24, 2.45) is 0 Å². The molecule has 5 heteroatoms. The minimum atomic E-state index is 0.485. The van der Waals surface area contributed by atoms with E-state index >= 15 is 0 Å². The Hall–Kier alpha value is -0.910. The number of hydrogen-bond acceptors (Lipinski definition) is 4. The Morgan fingerprint density at radius 2 is 2.17 bits per heavy atom. The number of ether oxygens (including phenoxy) is 2. The van der Waals surface area contributed by atoms with Gasteiger partial charge in [-0.1, -0.05) is 13.8 Å². The summed E-state index contributed by atoms with van der Waals surface area (Å²) in [5, 5.41) is 7.69. The number of rotatable bonds is 10. The van der Waals surface area contributed by atoms with Gasteiger partial charge >= 0.3 is 0 Å². The first kappa shape index (κ1) is 15.1. The highest BCUT2D eigenvalue weighted by molar-refractivity contribution is 5.00. The second-order valence-electron chi connectivity index (χ2n) is 4.54. The van der Waals surface area contributed by atoms with Crippen LogP contribution in [0, 0.1) is 0 Å². The van der Waals surface area contributed by atoms with Crippen LogP contribution >= 0.6 is 0 Å². The molecular weight excluding hydrogens is 230 g/mol. The highest BCUT2D eigenvalue weighted by Gasteiger charge is 2.02. The van der Waals surface area contributed by atoms with Crippen molar-refractivity contribution in [3.05, 3.63) is 18.0 Å². The van der Waals surface area contributed by atoms with Gasteiger partial charge in [0.05, 0.1) is 18.8 Å². The second kappa shape index (κ2) is 9.08. The van der Waals surface area contributed by atoms with Crippen LogP contribution in [0.25, 0.3) is 0 Å². The molecule has 1 aromatic rings. The summed E-state index contributed by atoms with van der Waals surface area (Å²) in [6.07, 6.45) is 2.78. The quantitative estimate of drug-likeness (QED) is 0.643. The average molecular weight is 255 g/mol. The molecule has 1 aromatic heterocycles. The van der Waals surface area contributed by atoms with Crippen LogP contribution < -0.4 is 5.32 Å². The van der Waals surface area contributed by atoms with E-state index in [4.69, 9.17) is 9.47 Å². The summed E-state index contributed by atoms with van der Waals surface area (Å²) in [6.45, 7) is 8.12. The smallest absolute Gasteiger partial charge is 0.0662 e. The highest BCUT2D eigenvalue weighted by atomic mass is 16.5. The van der Waals surface area contributed by atoms with Gasteiger partial charge in [-0.25, -0.2) is 0 Å². The summed E-state index contributed by atoms with van der Waals surface area (Å²) in [7, 11) is 1.71. The summed E-state index contributed by atoms with van der Waals surface area (Å²) in [5.41, 5.74) is 1.20. The molecule has 0 unspecified atom stereocenters. The van der Waals surface area contributed by atoms with Crippen LogP contribution in [0.2, 0.25) is 0 Å². The van der Waals surface area contributed by atoms with E-state index in [1.807, 2.05) is 16.9 Å². The lowest BCUT2D eigenvalue weighted by Crippen LogP contribution is -2.24. The summed E-state index contributed by atoms with van der Waals surface area (Å²) in [4.78, 5) is 0. The summed E-state index contributed by atoms with van der Waals surface area (Å²) < 4.78 is 12.5. The molecule has 0 fully saturated rings.